The highest BCUT2D eigenvalue weighted by atomic mass is 35.5. The Morgan fingerprint density at radius 1 is 1.29 bits per heavy atom. The largest absolute Gasteiger partial charge is 0.469 e. The molecule has 0 radical (unpaired) electrons. The summed E-state index contributed by atoms with van der Waals surface area (Å²) in [4.78, 5) is 0. The molecule has 0 saturated heterocycles. The molecule has 1 aromatic carbocycles. The number of furan rings is 1. The summed E-state index contributed by atoms with van der Waals surface area (Å²) in [5.74, 6) is 0.779. The molecule has 2 nitrogen and oxygen atoms in total. The van der Waals surface area contributed by atoms with Crippen LogP contribution in [0, 0.1) is 6.92 Å². The van der Waals surface area contributed by atoms with E-state index in [4.69, 9.17) is 27.6 Å². The summed E-state index contributed by atoms with van der Waals surface area (Å²) in [5.41, 5.74) is 1.62. The Labute approximate surface area is 110 Å². The van der Waals surface area contributed by atoms with Gasteiger partial charge in [-0.1, -0.05) is 29.3 Å². The first kappa shape index (κ1) is 12.5. The third-order valence-electron chi connectivity index (χ3n) is 2.56. The highest BCUT2D eigenvalue weighted by Gasteiger charge is 2.13. The Hall–Kier alpha value is -0.960. The fourth-order valence-corrected chi connectivity index (χ4v) is 2.14. The fraction of sp³-hybridized carbons (Fsp3) is 0.231. The van der Waals surface area contributed by atoms with Gasteiger partial charge in [-0.05, 0) is 30.7 Å². The first-order chi connectivity index (χ1) is 8.06. The Morgan fingerprint density at radius 3 is 2.65 bits per heavy atom. The predicted molar refractivity (Wildman–Crippen MR) is 68.6 cm³/mol. The van der Waals surface area contributed by atoms with E-state index < -0.39 is 6.10 Å². The molecule has 1 N–H and O–H groups in total. The van der Waals surface area contributed by atoms with Crippen LogP contribution in [0.3, 0.4) is 0 Å². The topological polar surface area (TPSA) is 33.4 Å². The van der Waals surface area contributed by atoms with Gasteiger partial charge >= 0.3 is 0 Å². The van der Waals surface area contributed by atoms with Crippen LogP contribution in [0.2, 0.25) is 10.0 Å². The lowest BCUT2D eigenvalue weighted by atomic mass is 10.0. The molecular weight excluding hydrogens is 259 g/mol. The summed E-state index contributed by atoms with van der Waals surface area (Å²) in [7, 11) is 0. The molecular formula is C13H12Cl2O2. The van der Waals surface area contributed by atoms with E-state index in [9.17, 15) is 5.11 Å². The maximum atomic E-state index is 10.0. The molecule has 0 aliphatic rings. The van der Waals surface area contributed by atoms with Crippen LogP contribution in [0.4, 0.5) is 0 Å². The monoisotopic (exact) mass is 270 g/mol. The van der Waals surface area contributed by atoms with Gasteiger partial charge in [-0.25, -0.2) is 0 Å². The van der Waals surface area contributed by atoms with Crippen molar-refractivity contribution in [2.24, 2.45) is 0 Å². The van der Waals surface area contributed by atoms with Gasteiger partial charge in [0.2, 0.25) is 0 Å². The number of rotatable bonds is 3. The minimum Gasteiger partial charge on any atom is -0.469 e. The third kappa shape index (κ3) is 3.03. The normalized spacial score (nSPS) is 12.7. The van der Waals surface area contributed by atoms with Gasteiger partial charge in [-0.2, -0.15) is 0 Å². The van der Waals surface area contributed by atoms with Crippen LogP contribution in [0.15, 0.2) is 34.9 Å². The smallest absolute Gasteiger partial charge is 0.101 e. The number of benzene rings is 1. The molecule has 1 unspecified atom stereocenters. The maximum absolute atomic E-state index is 10.0. The third-order valence-corrected chi connectivity index (χ3v) is 3.15. The van der Waals surface area contributed by atoms with E-state index in [0.717, 1.165) is 16.9 Å². The second kappa shape index (κ2) is 5.13. The molecule has 0 spiro atoms. The molecule has 1 heterocycles. The van der Waals surface area contributed by atoms with Gasteiger partial charge < -0.3 is 9.52 Å². The molecule has 17 heavy (non-hydrogen) atoms. The van der Waals surface area contributed by atoms with Gasteiger partial charge in [0.25, 0.3) is 0 Å². The van der Waals surface area contributed by atoms with Gasteiger partial charge in [-0.15, -0.1) is 0 Å². The minimum atomic E-state index is -0.619. The highest BCUT2D eigenvalue weighted by Crippen LogP contribution is 2.26. The molecule has 0 aliphatic carbocycles. The first-order valence-electron chi connectivity index (χ1n) is 5.23. The standard InChI is InChI=1S/C13H12Cl2O2/c1-8-4-10(7-17-8)13(16)5-9-2-3-11(14)6-12(9)15/h2-4,6-7,13,16H,5H2,1H3. The zero-order chi connectivity index (χ0) is 12.4. The Balaban J connectivity index is 2.15. The van der Waals surface area contributed by atoms with Crippen molar-refractivity contribution in [2.75, 3.05) is 0 Å². The van der Waals surface area contributed by atoms with Gasteiger partial charge in [0, 0.05) is 22.0 Å². The molecule has 2 rings (SSSR count). The number of aliphatic hydroxyl groups is 1. The quantitative estimate of drug-likeness (QED) is 0.908. The van der Waals surface area contributed by atoms with Crippen molar-refractivity contribution in [1.82, 2.24) is 0 Å². The van der Waals surface area contributed by atoms with Gasteiger partial charge in [0.05, 0.1) is 12.4 Å². The lowest BCUT2D eigenvalue weighted by Crippen LogP contribution is -2.00. The van der Waals surface area contributed by atoms with Crippen molar-refractivity contribution in [3.63, 3.8) is 0 Å². The van der Waals surface area contributed by atoms with Crippen LogP contribution in [0.1, 0.15) is 23.0 Å². The molecule has 90 valence electrons. The highest BCUT2D eigenvalue weighted by molar-refractivity contribution is 6.35. The second-order valence-corrected chi connectivity index (χ2v) is 4.79. The molecule has 2 aromatic rings. The summed E-state index contributed by atoms with van der Waals surface area (Å²) < 4.78 is 5.16. The molecule has 4 heteroatoms. The summed E-state index contributed by atoms with van der Waals surface area (Å²) in [6, 6.07) is 7.07. The van der Waals surface area contributed by atoms with Crippen LogP contribution in [-0.2, 0) is 6.42 Å². The average Bonchev–Trinajstić information content (AvgIpc) is 2.69. The number of hydrogen-bond donors (Lipinski definition) is 1. The molecule has 0 fully saturated rings. The van der Waals surface area contributed by atoms with Crippen molar-refractivity contribution in [2.45, 2.75) is 19.4 Å². The number of aryl methyl sites for hydroxylation is 1. The zero-order valence-corrected chi connectivity index (χ0v) is 10.8. The molecule has 0 bridgehead atoms. The molecule has 1 aromatic heterocycles. The molecule has 0 saturated carbocycles. The zero-order valence-electron chi connectivity index (χ0n) is 9.28. The van der Waals surface area contributed by atoms with Crippen LogP contribution >= 0.6 is 23.2 Å². The van der Waals surface area contributed by atoms with E-state index in [2.05, 4.69) is 0 Å². The predicted octanol–water partition coefficient (Wildman–Crippen LogP) is 4.17. The van der Waals surface area contributed by atoms with Crippen molar-refractivity contribution >= 4 is 23.2 Å². The molecule has 0 aliphatic heterocycles. The van der Waals surface area contributed by atoms with Crippen LogP contribution in [0.25, 0.3) is 0 Å². The Kier molecular flexibility index (Phi) is 3.77. The second-order valence-electron chi connectivity index (χ2n) is 3.95. The minimum absolute atomic E-state index is 0.439. The van der Waals surface area contributed by atoms with E-state index in [1.807, 2.05) is 19.1 Å². The first-order valence-corrected chi connectivity index (χ1v) is 5.99. The summed E-state index contributed by atoms with van der Waals surface area (Å²) in [6.07, 6.45) is 1.38. The summed E-state index contributed by atoms with van der Waals surface area (Å²) in [5, 5.41) is 11.2. The van der Waals surface area contributed by atoms with E-state index in [-0.39, 0.29) is 0 Å². The van der Waals surface area contributed by atoms with E-state index >= 15 is 0 Å². The number of halogens is 2. The maximum Gasteiger partial charge on any atom is 0.101 e. The Morgan fingerprint density at radius 2 is 2.06 bits per heavy atom. The van der Waals surface area contributed by atoms with Gasteiger partial charge in [0.15, 0.2) is 0 Å². The van der Waals surface area contributed by atoms with E-state index in [1.54, 1.807) is 18.4 Å². The fourth-order valence-electron chi connectivity index (χ4n) is 1.65. The van der Waals surface area contributed by atoms with Crippen LogP contribution in [-0.4, -0.2) is 5.11 Å². The SMILES string of the molecule is Cc1cc(C(O)Cc2ccc(Cl)cc2Cl)co1. The summed E-state index contributed by atoms with van der Waals surface area (Å²) >= 11 is 11.9. The van der Waals surface area contributed by atoms with Gasteiger partial charge in [0.1, 0.15) is 5.76 Å². The molecule has 0 amide bonds. The van der Waals surface area contributed by atoms with Crippen molar-refractivity contribution in [1.29, 1.82) is 0 Å². The lowest BCUT2D eigenvalue weighted by Gasteiger charge is -2.10. The van der Waals surface area contributed by atoms with E-state index in [0.29, 0.717) is 16.5 Å². The van der Waals surface area contributed by atoms with Crippen LogP contribution < -0.4 is 0 Å². The molecule has 1 atom stereocenters. The Bertz CT molecular complexity index is 520. The number of aliphatic hydroxyl groups excluding tert-OH is 1. The van der Waals surface area contributed by atoms with Gasteiger partial charge in [-0.3, -0.25) is 0 Å². The van der Waals surface area contributed by atoms with Crippen LogP contribution in [0.5, 0.6) is 0 Å². The van der Waals surface area contributed by atoms with E-state index in [1.165, 1.54) is 0 Å². The average molecular weight is 271 g/mol. The lowest BCUT2D eigenvalue weighted by molar-refractivity contribution is 0.177. The number of hydrogen-bond acceptors (Lipinski definition) is 2. The van der Waals surface area contributed by atoms with Crippen molar-refractivity contribution in [3.8, 4) is 0 Å². The van der Waals surface area contributed by atoms with Crippen molar-refractivity contribution < 1.29 is 9.52 Å². The van der Waals surface area contributed by atoms with Crippen molar-refractivity contribution in [3.05, 3.63) is 57.5 Å². The summed E-state index contributed by atoms with van der Waals surface area (Å²) in [6.45, 7) is 1.84.